The van der Waals surface area contributed by atoms with Crippen LogP contribution in [0.4, 0.5) is 32.0 Å². The van der Waals surface area contributed by atoms with E-state index in [0.29, 0.717) is 42.7 Å². The number of pyridine rings is 1. The number of piperidine rings is 1. The number of methoxy groups -OCH3 is 1. The van der Waals surface area contributed by atoms with E-state index in [1.165, 1.54) is 4.90 Å². The lowest BCUT2D eigenvalue weighted by molar-refractivity contribution is -0.159. The van der Waals surface area contributed by atoms with Crippen molar-refractivity contribution in [2.24, 2.45) is 0 Å². The Morgan fingerprint density at radius 3 is 2.38 bits per heavy atom. The number of hydrogen-bond acceptors (Lipinski definition) is 7. The maximum atomic E-state index is 14.7. The number of hydrogen-bond donors (Lipinski definition) is 0. The quantitative estimate of drug-likeness (QED) is 0.244. The van der Waals surface area contributed by atoms with Gasteiger partial charge in [-0.05, 0) is 31.0 Å². The molecule has 0 radical (unpaired) electrons. The molecule has 5 rings (SSSR count). The number of para-hydroxylation sites is 2. The van der Waals surface area contributed by atoms with E-state index in [1.54, 1.807) is 18.9 Å². The number of carbonyl (C=O) groups excluding carboxylic acids is 2. The van der Waals surface area contributed by atoms with Crippen molar-refractivity contribution in [2.75, 3.05) is 44.7 Å². The summed E-state index contributed by atoms with van der Waals surface area (Å²) in [6.45, 7) is 3.08. The molecule has 2 aliphatic heterocycles. The molecule has 0 unspecified atom stereocenters. The summed E-state index contributed by atoms with van der Waals surface area (Å²) in [6, 6.07) is 7.86. The summed E-state index contributed by atoms with van der Waals surface area (Å²) in [4.78, 5) is 36.2. The third-order valence-corrected chi connectivity index (χ3v) is 9.50. The van der Waals surface area contributed by atoms with E-state index in [0.717, 1.165) is 29.5 Å². The Bertz CT molecular complexity index is 1570. The first-order valence-electron chi connectivity index (χ1n) is 15.1. The summed E-state index contributed by atoms with van der Waals surface area (Å²) in [5, 5.41) is 1.16. The molecule has 0 bridgehead atoms. The van der Waals surface area contributed by atoms with Crippen molar-refractivity contribution in [2.45, 2.75) is 56.6 Å². The fraction of sp³-hybridized carbons (Fsp3) is 0.469. The van der Waals surface area contributed by atoms with Crippen LogP contribution in [0.5, 0.6) is 11.5 Å². The lowest BCUT2D eigenvalue weighted by Crippen LogP contribution is -2.69. The summed E-state index contributed by atoms with van der Waals surface area (Å²) in [6.07, 6.45) is -6.95. The molecule has 2 atom stereocenters. The van der Waals surface area contributed by atoms with Crippen LogP contribution in [-0.4, -0.2) is 78.1 Å². The standard InChI is InChI=1S/C32H34F6N4O4S/c1-3-7-26-30(46-21-18-27(47-20-21)32(36,37)38,11-6-13-42(26)28(43)22-19-39-12-10-23(22)31(33,34)35)29(44)41-16-14-40(15-17-41)24-8-4-5-9-25(24)45-2/h4-5,8-10,12,18-20,26H,3,6-7,11,13-17H2,1-2H3/t26-,30+/m1/s1. The number of rotatable bonds is 8. The topological polar surface area (TPSA) is 75.2 Å². The van der Waals surface area contributed by atoms with Crippen molar-refractivity contribution < 1.29 is 45.4 Å². The Balaban J connectivity index is 1.52. The second kappa shape index (κ2) is 13.6. The third-order valence-electron chi connectivity index (χ3n) is 8.55. The van der Waals surface area contributed by atoms with Crippen LogP contribution in [0.25, 0.3) is 0 Å². The van der Waals surface area contributed by atoms with Gasteiger partial charge >= 0.3 is 12.4 Å². The third kappa shape index (κ3) is 6.99. The van der Waals surface area contributed by atoms with E-state index in [1.807, 2.05) is 29.2 Å². The average Bonchev–Trinajstić information content (AvgIpc) is 3.54. The minimum atomic E-state index is -4.85. The Morgan fingerprint density at radius 1 is 1.02 bits per heavy atom. The van der Waals surface area contributed by atoms with E-state index >= 15 is 0 Å². The number of amides is 2. The summed E-state index contributed by atoms with van der Waals surface area (Å²) >= 11 is 0.408. The van der Waals surface area contributed by atoms with Crippen LogP contribution >= 0.6 is 11.3 Å². The van der Waals surface area contributed by atoms with Crippen LogP contribution in [-0.2, 0) is 17.1 Å². The normalized spacial score (nSPS) is 20.7. The highest BCUT2D eigenvalue weighted by Gasteiger charge is 2.56. The molecule has 0 N–H and O–H groups in total. The number of likely N-dealkylation sites (tertiary alicyclic amines) is 1. The maximum absolute atomic E-state index is 14.7. The number of alkyl halides is 6. The SMILES string of the molecule is CCC[C@H]1N(C(=O)c2cnccc2C(F)(F)F)CCC[C@@]1(Oc1csc(C(F)(F)F)c1)C(=O)N1CCN(c2ccccc2OC)CC1. The first-order valence-corrected chi connectivity index (χ1v) is 16.0. The Labute approximate surface area is 271 Å². The van der Waals surface area contributed by atoms with Gasteiger partial charge < -0.3 is 24.2 Å². The van der Waals surface area contributed by atoms with Crippen molar-refractivity contribution in [1.82, 2.24) is 14.8 Å². The van der Waals surface area contributed by atoms with Crippen LogP contribution in [0.2, 0.25) is 0 Å². The molecule has 0 saturated carbocycles. The maximum Gasteiger partial charge on any atom is 0.425 e. The van der Waals surface area contributed by atoms with E-state index in [4.69, 9.17) is 9.47 Å². The Kier molecular flexibility index (Phi) is 9.94. The van der Waals surface area contributed by atoms with E-state index in [9.17, 15) is 35.9 Å². The minimum absolute atomic E-state index is 0.0209. The number of piperazine rings is 1. The molecule has 2 saturated heterocycles. The second-order valence-electron chi connectivity index (χ2n) is 11.4. The number of nitrogens with zero attached hydrogens (tertiary/aromatic N) is 4. The largest absolute Gasteiger partial charge is 0.495 e. The molecule has 1 aromatic carbocycles. The Hall–Kier alpha value is -4.01. The predicted octanol–water partition coefficient (Wildman–Crippen LogP) is 6.76. The van der Waals surface area contributed by atoms with E-state index in [-0.39, 0.29) is 44.6 Å². The van der Waals surface area contributed by atoms with Crippen LogP contribution in [0.3, 0.4) is 0 Å². The second-order valence-corrected chi connectivity index (χ2v) is 12.3. The molecular weight excluding hydrogens is 650 g/mol. The van der Waals surface area contributed by atoms with Crippen LogP contribution in [0.1, 0.15) is 53.4 Å². The fourth-order valence-electron chi connectivity index (χ4n) is 6.41. The molecule has 254 valence electrons. The van der Waals surface area contributed by atoms with Gasteiger partial charge in [0.05, 0.1) is 30.0 Å². The first kappa shape index (κ1) is 34.3. The van der Waals surface area contributed by atoms with Crippen molar-refractivity contribution in [3.63, 3.8) is 0 Å². The number of carbonyl (C=O) groups is 2. The lowest BCUT2D eigenvalue weighted by Gasteiger charge is -2.50. The van der Waals surface area contributed by atoms with Gasteiger partial charge in [0.2, 0.25) is 5.60 Å². The number of aromatic nitrogens is 1. The minimum Gasteiger partial charge on any atom is -0.495 e. The van der Waals surface area contributed by atoms with Crippen molar-refractivity contribution >= 4 is 28.8 Å². The molecule has 8 nitrogen and oxygen atoms in total. The van der Waals surface area contributed by atoms with Crippen LogP contribution in [0.15, 0.2) is 54.2 Å². The molecule has 47 heavy (non-hydrogen) atoms. The van der Waals surface area contributed by atoms with Crippen LogP contribution in [0, 0.1) is 0 Å². The van der Waals surface area contributed by atoms with Crippen molar-refractivity contribution in [1.29, 1.82) is 0 Å². The summed E-state index contributed by atoms with van der Waals surface area (Å²) in [5.74, 6) is -1.05. The molecular formula is C32H34F6N4O4S. The molecule has 0 aliphatic carbocycles. The zero-order chi connectivity index (χ0) is 34.0. The monoisotopic (exact) mass is 684 g/mol. The highest BCUT2D eigenvalue weighted by Crippen LogP contribution is 2.43. The number of ether oxygens (including phenoxy) is 2. The first-order chi connectivity index (χ1) is 22.3. The molecule has 2 aromatic heterocycles. The van der Waals surface area contributed by atoms with Gasteiger partial charge in [0, 0.05) is 63.0 Å². The predicted molar refractivity (Wildman–Crippen MR) is 163 cm³/mol. The molecule has 15 heteroatoms. The average molecular weight is 685 g/mol. The van der Waals surface area contributed by atoms with Crippen molar-refractivity contribution in [3.05, 3.63) is 70.2 Å². The van der Waals surface area contributed by atoms with Crippen molar-refractivity contribution in [3.8, 4) is 11.5 Å². The molecule has 2 fully saturated rings. The molecule has 2 aliphatic rings. The van der Waals surface area contributed by atoms with Gasteiger partial charge in [0.1, 0.15) is 16.4 Å². The van der Waals surface area contributed by atoms with E-state index in [2.05, 4.69) is 4.98 Å². The molecule has 0 spiro atoms. The zero-order valence-corrected chi connectivity index (χ0v) is 26.6. The number of benzene rings is 1. The number of halogens is 6. The van der Waals surface area contributed by atoms with Gasteiger partial charge in [-0.3, -0.25) is 14.6 Å². The van der Waals surface area contributed by atoms with Gasteiger partial charge in [-0.15, -0.1) is 11.3 Å². The summed E-state index contributed by atoms with van der Waals surface area (Å²) in [5.41, 5.74) is -2.87. The Morgan fingerprint density at radius 2 is 1.74 bits per heavy atom. The van der Waals surface area contributed by atoms with Gasteiger partial charge in [-0.1, -0.05) is 25.5 Å². The van der Waals surface area contributed by atoms with Gasteiger partial charge in [0.15, 0.2) is 0 Å². The van der Waals surface area contributed by atoms with Gasteiger partial charge in [-0.2, -0.15) is 26.3 Å². The summed E-state index contributed by atoms with van der Waals surface area (Å²) in [7, 11) is 1.56. The molecule has 3 aromatic rings. The lowest BCUT2D eigenvalue weighted by atomic mass is 9.79. The highest BCUT2D eigenvalue weighted by atomic mass is 32.1. The molecule has 4 heterocycles. The fourth-order valence-corrected chi connectivity index (χ4v) is 7.09. The van der Waals surface area contributed by atoms with E-state index < -0.39 is 51.8 Å². The summed E-state index contributed by atoms with van der Waals surface area (Å²) < 4.78 is 94.3. The molecule has 2 amide bonds. The number of anilines is 1. The van der Waals surface area contributed by atoms with Gasteiger partial charge in [0.25, 0.3) is 11.8 Å². The number of thiophene rings is 1. The highest BCUT2D eigenvalue weighted by molar-refractivity contribution is 7.10. The smallest absolute Gasteiger partial charge is 0.425 e. The van der Waals surface area contributed by atoms with Gasteiger partial charge in [-0.25, -0.2) is 0 Å². The van der Waals surface area contributed by atoms with Crippen LogP contribution < -0.4 is 14.4 Å². The zero-order valence-electron chi connectivity index (χ0n) is 25.7.